The Labute approximate surface area is 77.1 Å². The number of rotatable bonds is 1. The van der Waals surface area contributed by atoms with Crippen LogP contribution < -0.4 is 5.73 Å². The van der Waals surface area contributed by atoms with E-state index >= 15 is 0 Å². The van der Waals surface area contributed by atoms with E-state index in [-0.39, 0.29) is 17.4 Å². The van der Waals surface area contributed by atoms with E-state index in [0.717, 1.165) is 12.8 Å². The maximum absolute atomic E-state index is 13.0. The Kier molecular flexibility index (Phi) is 1.75. The molecule has 2 aliphatic rings. The average molecular weight is 186 g/mol. The van der Waals surface area contributed by atoms with Crippen LogP contribution in [0.25, 0.3) is 0 Å². The van der Waals surface area contributed by atoms with Crippen LogP contribution >= 0.6 is 0 Å². The molecule has 3 atom stereocenters. The van der Waals surface area contributed by atoms with Crippen molar-refractivity contribution < 1.29 is 9.18 Å². The smallest absolute Gasteiger partial charge is 0.314 e. The Morgan fingerprint density at radius 3 is 2.85 bits per heavy atom. The third-order valence-electron chi connectivity index (χ3n) is 3.50. The van der Waals surface area contributed by atoms with Crippen LogP contribution in [0.15, 0.2) is 0 Å². The SMILES string of the molecule is C[C@H](F)C1CC12CCN(C(N)=O)C2. The molecule has 2 rings (SSSR count). The Morgan fingerprint density at radius 1 is 1.77 bits per heavy atom. The number of hydrogen-bond donors (Lipinski definition) is 1. The highest BCUT2D eigenvalue weighted by Gasteiger charge is 2.59. The van der Waals surface area contributed by atoms with Gasteiger partial charge in [-0.3, -0.25) is 0 Å². The molecule has 2 amide bonds. The summed E-state index contributed by atoms with van der Waals surface area (Å²) in [5.41, 5.74) is 5.25. The number of urea groups is 1. The first-order valence-electron chi connectivity index (χ1n) is 4.74. The fourth-order valence-corrected chi connectivity index (χ4v) is 2.58. The lowest BCUT2D eigenvalue weighted by Crippen LogP contribution is -2.34. The van der Waals surface area contributed by atoms with Crippen molar-refractivity contribution in [2.24, 2.45) is 17.1 Å². The zero-order valence-electron chi connectivity index (χ0n) is 7.79. The van der Waals surface area contributed by atoms with E-state index in [1.165, 1.54) is 0 Å². The lowest BCUT2D eigenvalue weighted by atomic mass is 10.0. The van der Waals surface area contributed by atoms with Gasteiger partial charge in [-0.2, -0.15) is 0 Å². The fourth-order valence-electron chi connectivity index (χ4n) is 2.58. The molecule has 1 spiro atoms. The Hall–Kier alpha value is -0.800. The number of hydrogen-bond acceptors (Lipinski definition) is 1. The van der Waals surface area contributed by atoms with E-state index < -0.39 is 6.17 Å². The second-order valence-corrected chi connectivity index (χ2v) is 4.36. The number of nitrogens with zero attached hydrogens (tertiary/aromatic N) is 1. The Balaban J connectivity index is 1.97. The molecule has 2 unspecified atom stereocenters. The van der Waals surface area contributed by atoms with E-state index in [4.69, 9.17) is 5.73 Å². The summed E-state index contributed by atoms with van der Waals surface area (Å²) in [4.78, 5) is 12.5. The van der Waals surface area contributed by atoms with Crippen LogP contribution in [0.3, 0.4) is 0 Å². The van der Waals surface area contributed by atoms with Gasteiger partial charge in [-0.15, -0.1) is 0 Å². The number of nitrogens with two attached hydrogens (primary N) is 1. The number of carbonyl (C=O) groups excluding carboxylic acids is 1. The summed E-state index contributed by atoms with van der Waals surface area (Å²) in [5.74, 6) is 0.164. The summed E-state index contributed by atoms with van der Waals surface area (Å²) in [5, 5.41) is 0. The highest BCUT2D eigenvalue weighted by Crippen LogP contribution is 2.60. The zero-order chi connectivity index (χ0) is 9.64. The van der Waals surface area contributed by atoms with Gasteiger partial charge in [-0.25, -0.2) is 9.18 Å². The van der Waals surface area contributed by atoms with Gasteiger partial charge in [0.25, 0.3) is 0 Å². The molecule has 13 heavy (non-hydrogen) atoms. The third-order valence-corrected chi connectivity index (χ3v) is 3.50. The normalized spacial score (nSPS) is 39.5. The molecule has 1 saturated heterocycles. The average Bonchev–Trinajstić information content (AvgIpc) is 2.52. The molecule has 1 heterocycles. The van der Waals surface area contributed by atoms with Crippen LogP contribution in [0.4, 0.5) is 9.18 Å². The van der Waals surface area contributed by atoms with Gasteiger partial charge in [0.1, 0.15) is 6.17 Å². The maximum Gasteiger partial charge on any atom is 0.314 e. The first-order chi connectivity index (χ1) is 6.05. The topological polar surface area (TPSA) is 46.3 Å². The van der Waals surface area contributed by atoms with Gasteiger partial charge in [-0.05, 0) is 31.1 Å². The molecule has 2 N–H and O–H groups in total. The van der Waals surface area contributed by atoms with Gasteiger partial charge in [0.05, 0.1) is 0 Å². The summed E-state index contributed by atoms with van der Waals surface area (Å²) >= 11 is 0. The minimum atomic E-state index is -0.743. The van der Waals surface area contributed by atoms with E-state index in [1.54, 1.807) is 11.8 Å². The molecule has 4 heteroatoms. The standard InChI is InChI=1S/C9H15FN2O/c1-6(10)7-4-9(7)2-3-12(5-9)8(11)13/h6-7H,2-5H2,1H3,(H2,11,13)/t6-,7?,9?/m0/s1. The van der Waals surface area contributed by atoms with E-state index in [1.807, 2.05) is 0 Å². The highest BCUT2D eigenvalue weighted by atomic mass is 19.1. The van der Waals surface area contributed by atoms with Crippen molar-refractivity contribution in [2.75, 3.05) is 13.1 Å². The minimum absolute atomic E-state index is 0.0865. The van der Waals surface area contributed by atoms with Crippen molar-refractivity contribution in [1.29, 1.82) is 0 Å². The van der Waals surface area contributed by atoms with E-state index in [0.29, 0.717) is 13.1 Å². The molecule has 0 aromatic heterocycles. The molecule has 3 nitrogen and oxygen atoms in total. The van der Waals surface area contributed by atoms with Gasteiger partial charge in [0.2, 0.25) is 0 Å². The Bertz CT molecular complexity index is 244. The Morgan fingerprint density at radius 2 is 2.46 bits per heavy atom. The summed E-state index contributed by atoms with van der Waals surface area (Å²) < 4.78 is 13.0. The summed E-state index contributed by atoms with van der Waals surface area (Å²) in [6, 6.07) is -0.367. The van der Waals surface area contributed by atoms with Crippen molar-refractivity contribution in [2.45, 2.75) is 25.9 Å². The predicted octanol–water partition coefficient (Wildman–Crippen LogP) is 1.14. The van der Waals surface area contributed by atoms with Gasteiger partial charge in [0.15, 0.2) is 0 Å². The quantitative estimate of drug-likeness (QED) is 0.655. The maximum atomic E-state index is 13.0. The minimum Gasteiger partial charge on any atom is -0.351 e. The van der Waals surface area contributed by atoms with Gasteiger partial charge in [-0.1, -0.05) is 0 Å². The summed E-state index contributed by atoms with van der Waals surface area (Å²) in [6.45, 7) is 2.98. The molecular formula is C9H15FN2O. The summed E-state index contributed by atoms with van der Waals surface area (Å²) in [6.07, 6.45) is 1.11. The number of carbonyl (C=O) groups is 1. The molecule has 1 saturated carbocycles. The van der Waals surface area contributed by atoms with Crippen molar-refractivity contribution in [3.63, 3.8) is 0 Å². The number of amides is 2. The van der Waals surface area contributed by atoms with Crippen molar-refractivity contribution in [3.05, 3.63) is 0 Å². The third kappa shape index (κ3) is 1.28. The first-order valence-corrected chi connectivity index (χ1v) is 4.74. The molecule has 1 aliphatic heterocycles. The number of halogens is 1. The number of primary amides is 1. The largest absolute Gasteiger partial charge is 0.351 e. The van der Waals surface area contributed by atoms with Crippen LogP contribution in [0.5, 0.6) is 0 Å². The van der Waals surface area contributed by atoms with Crippen LogP contribution in [0, 0.1) is 11.3 Å². The molecule has 74 valence electrons. The molecule has 1 aliphatic carbocycles. The van der Waals surface area contributed by atoms with Crippen LogP contribution in [-0.2, 0) is 0 Å². The predicted molar refractivity (Wildman–Crippen MR) is 46.9 cm³/mol. The molecule has 2 fully saturated rings. The zero-order valence-corrected chi connectivity index (χ0v) is 7.79. The van der Waals surface area contributed by atoms with Gasteiger partial charge in [0, 0.05) is 13.1 Å². The van der Waals surface area contributed by atoms with Crippen molar-refractivity contribution >= 4 is 6.03 Å². The van der Waals surface area contributed by atoms with Crippen molar-refractivity contribution in [1.82, 2.24) is 4.90 Å². The van der Waals surface area contributed by atoms with Crippen LogP contribution in [0.1, 0.15) is 19.8 Å². The molecule has 0 radical (unpaired) electrons. The molecule has 0 bridgehead atoms. The highest BCUT2D eigenvalue weighted by molar-refractivity contribution is 5.72. The van der Waals surface area contributed by atoms with Crippen LogP contribution in [0.2, 0.25) is 0 Å². The van der Waals surface area contributed by atoms with E-state index in [2.05, 4.69) is 0 Å². The monoisotopic (exact) mass is 186 g/mol. The lowest BCUT2D eigenvalue weighted by Gasteiger charge is -2.13. The summed E-state index contributed by atoms with van der Waals surface area (Å²) in [7, 11) is 0. The van der Waals surface area contributed by atoms with Gasteiger partial charge < -0.3 is 10.6 Å². The second-order valence-electron chi connectivity index (χ2n) is 4.36. The number of alkyl halides is 1. The van der Waals surface area contributed by atoms with Gasteiger partial charge >= 0.3 is 6.03 Å². The molecule has 0 aromatic carbocycles. The number of likely N-dealkylation sites (tertiary alicyclic amines) is 1. The lowest BCUT2D eigenvalue weighted by molar-refractivity contribution is 0.213. The molecular weight excluding hydrogens is 171 g/mol. The van der Waals surface area contributed by atoms with Crippen LogP contribution in [-0.4, -0.2) is 30.2 Å². The molecule has 0 aromatic rings. The first kappa shape index (κ1) is 8.78. The second kappa shape index (κ2) is 2.59. The fraction of sp³-hybridized carbons (Fsp3) is 0.889. The van der Waals surface area contributed by atoms with E-state index in [9.17, 15) is 9.18 Å². The van der Waals surface area contributed by atoms with Crippen molar-refractivity contribution in [3.8, 4) is 0 Å².